The Hall–Kier alpha value is 0.596. The van der Waals surface area contributed by atoms with Crippen LogP contribution < -0.4 is 0 Å². The largest absolute Gasteiger partial charge is 0.397 e. The summed E-state index contributed by atoms with van der Waals surface area (Å²) < 4.78 is 31.6. The molecule has 0 saturated heterocycles. The molecule has 0 atom stereocenters. The third-order valence-electron chi connectivity index (χ3n) is 0. The Morgan fingerprint density at radius 2 is 1.33 bits per heavy atom. The van der Waals surface area contributed by atoms with E-state index in [9.17, 15) is 0 Å². The van der Waals surface area contributed by atoms with Crippen LogP contribution in [0.2, 0.25) is 0 Å². The minimum absolute atomic E-state index is 0. The molecule has 0 aromatic rings. The highest BCUT2D eigenvalue weighted by Crippen LogP contribution is 1.59. The average molecular weight is 170 g/mol. The Balaban J connectivity index is -0.0000000800. The third-order valence-corrected chi connectivity index (χ3v) is 0. The second-order valence-corrected chi connectivity index (χ2v) is 1.66. The predicted octanol–water partition coefficient (Wildman–Crippen LogP) is -1.57. The molecule has 7 heteroatoms. The molecule has 0 bridgehead atoms. The number of hydrogen-bond acceptors (Lipinski definition) is 3. The van der Waals surface area contributed by atoms with Gasteiger partial charge in [-0.3, -0.25) is 9.11 Å². The minimum Gasteiger partial charge on any atom is -0.397 e. The fourth-order valence-corrected chi connectivity index (χ4v) is 0. The van der Waals surface area contributed by atoms with Crippen LogP contribution in [0.15, 0.2) is 0 Å². The molecule has 9 heavy (non-hydrogen) atoms. The molecule has 0 radical (unpaired) electrons. The molecule has 5 nitrogen and oxygen atoms in total. The van der Waals surface area contributed by atoms with Crippen LogP contribution in [0.1, 0.15) is 6.92 Å². The van der Waals surface area contributed by atoms with Crippen molar-refractivity contribution in [3.63, 3.8) is 0 Å². The third kappa shape index (κ3) is 1050. The second-order valence-electron chi connectivity index (χ2n) is 0.764. The van der Waals surface area contributed by atoms with Crippen LogP contribution in [0.25, 0.3) is 0 Å². The Kier molecular flexibility index (Phi) is 15.6. The summed E-state index contributed by atoms with van der Waals surface area (Å²) in [5.41, 5.74) is 0. The van der Waals surface area contributed by atoms with Gasteiger partial charge < -0.3 is 5.11 Å². The van der Waals surface area contributed by atoms with Crippen LogP contribution in [0.4, 0.5) is 0 Å². The van der Waals surface area contributed by atoms with Crippen molar-refractivity contribution in [2.24, 2.45) is 0 Å². The number of rotatable bonds is 0. The molecule has 0 unspecified atom stereocenters. The highest BCUT2D eigenvalue weighted by atomic mass is 32.3. The topological polar surface area (TPSA) is 94.8 Å². The number of aliphatic hydroxyl groups excluding tert-OH is 1. The summed E-state index contributed by atoms with van der Waals surface area (Å²) in [6.07, 6.45) is 0. The van der Waals surface area contributed by atoms with Crippen LogP contribution in [-0.2, 0) is 10.4 Å². The van der Waals surface area contributed by atoms with Crippen molar-refractivity contribution in [2.75, 3.05) is 6.61 Å². The van der Waals surface area contributed by atoms with E-state index in [-0.39, 0.29) is 29.7 Å². The van der Waals surface area contributed by atoms with Crippen molar-refractivity contribution < 1.29 is 22.6 Å². The molecule has 0 aromatic heterocycles. The fourth-order valence-electron chi connectivity index (χ4n) is 0. The average Bonchev–Trinajstić information content (AvgIpc) is 1.27. The first-order valence-electron chi connectivity index (χ1n) is 1.72. The van der Waals surface area contributed by atoms with E-state index in [0.717, 1.165) is 0 Å². The quantitative estimate of drug-likeness (QED) is 0.302. The molecule has 56 valence electrons. The van der Waals surface area contributed by atoms with Gasteiger partial charge in [-0.15, -0.1) is 0 Å². The summed E-state index contributed by atoms with van der Waals surface area (Å²) in [7, 11) is -4.67. The zero-order chi connectivity index (χ0) is 7.21. The summed E-state index contributed by atoms with van der Waals surface area (Å²) in [5.74, 6) is 0. The van der Waals surface area contributed by atoms with Crippen molar-refractivity contribution in [1.29, 1.82) is 0 Å². The molecule has 0 aliphatic carbocycles. The molecule has 0 saturated carbocycles. The Morgan fingerprint density at radius 3 is 1.33 bits per heavy atom. The zero-order valence-corrected chi connectivity index (χ0v) is 5.09. The Morgan fingerprint density at radius 1 is 1.33 bits per heavy atom. The fraction of sp³-hybridized carbons (Fsp3) is 1.00. The molecule has 0 aliphatic rings. The molecule has 0 aliphatic heterocycles. The van der Waals surface area contributed by atoms with Gasteiger partial charge in [0.2, 0.25) is 0 Å². The summed E-state index contributed by atoms with van der Waals surface area (Å²) in [6, 6.07) is 0. The lowest BCUT2D eigenvalue weighted by molar-refractivity contribution is 0.318. The molecule has 0 amide bonds. The van der Waals surface area contributed by atoms with Crippen molar-refractivity contribution in [1.82, 2.24) is 0 Å². The van der Waals surface area contributed by atoms with E-state index in [1.54, 1.807) is 6.92 Å². The monoisotopic (exact) mass is 170 g/mol. The van der Waals surface area contributed by atoms with Gasteiger partial charge in [0.15, 0.2) is 0 Å². The van der Waals surface area contributed by atoms with E-state index in [1.807, 2.05) is 0 Å². The van der Waals surface area contributed by atoms with Gasteiger partial charge in [0, 0.05) is 6.61 Å². The van der Waals surface area contributed by atoms with E-state index in [0.29, 0.717) is 0 Å². The molecule has 0 heterocycles. The maximum Gasteiger partial charge on any atom is 0.394 e. The lowest BCUT2D eigenvalue weighted by atomic mass is 10.9. The van der Waals surface area contributed by atoms with E-state index in [4.69, 9.17) is 22.6 Å². The normalized spacial score (nSPS) is 8.44. The SMILES string of the molecule is CCO.O=S(=O)(O)O.[MgH2]. The first kappa shape index (κ1) is 16.3. The van der Waals surface area contributed by atoms with E-state index >= 15 is 0 Å². The molecule has 0 aromatic carbocycles. The van der Waals surface area contributed by atoms with Crippen LogP contribution in [0, 0.1) is 0 Å². The smallest absolute Gasteiger partial charge is 0.394 e. The molecular formula is C2H10MgO5S. The van der Waals surface area contributed by atoms with Gasteiger partial charge >= 0.3 is 33.5 Å². The molecule has 0 rings (SSSR count). The first-order chi connectivity index (χ1) is 3.41. The second kappa shape index (κ2) is 8.60. The standard InChI is InChI=1S/C2H6O.Mg.H2O4S.2H/c1-2-3;;1-5(2,3)4;;/h3H,2H2,1H3;;(H2,1,2,3,4);;. The summed E-state index contributed by atoms with van der Waals surface area (Å²) >= 11 is 0. The van der Waals surface area contributed by atoms with Gasteiger partial charge in [0.05, 0.1) is 0 Å². The summed E-state index contributed by atoms with van der Waals surface area (Å²) in [6.45, 7) is 1.93. The summed E-state index contributed by atoms with van der Waals surface area (Å²) in [5, 5.41) is 7.57. The first-order valence-corrected chi connectivity index (χ1v) is 3.12. The van der Waals surface area contributed by atoms with Gasteiger partial charge in [-0.2, -0.15) is 8.42 Å². The highest BCUT2D eigenvalue weighted by molar-refractivity contribution is 7.79. The lowest BCUT2D eigenvalue weighted by Gasteiger charge is -1.68. The molecule has 3 N–H and O–H groups in total. The van der Waals surface area contributed by atoms with Crippen LogP contribution in [0.5, 0.6) is 0 Å². The Labute approximate surface area is 69.8 Å². The van der Waals surface area contributed by atoms with Crippen molar-refractivity contribution in [3.8, 4) is 0 Å². The van der Waals surface area contributed by atoms with Gasteiger partial charge in [-0.05, 0) is 6.92 Å². The van der Waals surface area contributed by atoms with Crippen LogP contribution >= 0.6 is 0 Å². The van der Waals surface area contributed by atoms with E-state index < -0.39 is 10.4 Å². The minimum atomic E-state index is -4.67. The lowest BCUT2D eigenvalue weighted by Crippen LogP contribution is -1.89. The predicted molar refractivity (Wildman–Crippen MR) is 35.5 cm³/mol. The van der Waals surface area contributed by atoms with Gasteiger partial charge in [-0.25, -0.2) is 0 Å². The highest BCUT2D eigenvalue weighted by Gasteiger charge is 1.84. The van der Waals surface area contributed by atoms with Gasteiger partial charge in [0.25, 0.3) is 0 Å². The van der Waals surface area contributed by atoms with Crippen LogP contribution in [0.3, 0.4) is 0 Å². The van der Waals surface area contributed by atoms with Gasteiger partial charge in [0.1, 0.15) is 0 Å². The van der Waals surface area contributed by atoms with E-state index in [2.05, 4.69) is 0 Å². The maximum atomic E-state index is 8.74. The van der Waals surface area contributed by atoms with E-state index in [1.165, 1.54) is 0 Å². The van der Waals surface area contributed by atoms with Crippen molar-refractivity contribution in [2.45, 2.75) is 6.92 Å². The molecule has 0 fully saturated rings. The van der Waals surface area contributed by atoms with Gasteiger partial charge in [-0.1, -0.05) is 0 Å². The molecule has 0 spiro atoms. The molecular weight excluding hydrogens is 160 g/mol. The number of hydrogen-bond donors (Lipinski definition) is 3. The summed E-state index contributed by atoms with van der Waals surface area (Å²) in [4.78, 5) is 0. The maximum absolute atomic E-state index is 8.74. The number of aliphatic hydroxyl groups is 1. The van der Waals surface area contributed by atoms with Crippen LogP contribution in [-0.4, -0.2) is 52.3 Å². The van der Waals surface area contributed by atoms with Crippen molar-refractivity contribution >= 4 is 33.5 Å². The van der Waals surface area contributed by atoms with Crippen molar-refractivity contribution in [3.05, 3.63) is 0 Å². The zero-order valence-electron chi connectivity index (χ0n) is 4.27. The Bertz CT molecular complexity index is 109.